The lowest BCUT2D eigenvalue weighted by atomic mass is 10.0. The van der Waals surface area contributed by atoms with Crippen LogP contribution in [0.1, 0.15) is 16.7 Å². The van der Waals surface area contributed by atoms with Gasteiger partial charge >= 0.3 is 5.63 Å². The monoisotopic (exact) mass is 276 g/mol. The van der Waals surface area contributed by atoms with Crippen LogP contribution in [0.5, 0.6) is 0 Å². The van der Waals surface area contributed by atoms with Crippen molar-refractivity contribution in [3.63, 3.8) is 0 Å². The van der Waals surface area contributed by atoms with Crippen LogP contribution in [0.4, 0.5) is 5.69 Å². The third-order valence-electron chi connectivity index (χ3n) is 3.17. The van der Waals surface area contributed by atoms with Crippen molar-refractivity contribution in [1.29, 1.82) is 0 Å². The molecule has 0 bridgehead atoms. The zero-order chi connectivity index (χ0) is 14.2. The molecule has 1 aromatic heterocycles. The fourth-order valence-electron chi connectivity index (χ4n) is 1.97. The van der Waals surface area contributed by atoms with E-state index in [1.165, 1.54) is 0 Å². The molecule has 106 valence electrons. The molecule has 2 aromatic rings. The zero-order valence-electron chi connectivity index (χ0n) is 11.7. The van der Waals surface area contributed by atoms with E-state index < -0.39 is 11.5 Å². The first kappa shape index (κ1) is 15.6. The Morgan fingerprint density at radius 2 is 2.00 bits per heavy atom. The number of anilines is 1. The van der Waals surface area contributed by atoms with Gasteiger partial charge in [0.25, 0.3) is 0 Å². The van der Waals surface area contributed by atoms with Crippen molar-refractivity contribution in [2.45, 2.75) is 20.3 Å². The predicted octanol–water partition coefficient (Wildman–Crippen LogP) is 0.975. The van der Waals surface area contributed by atoms with Crippen molar-refractivity contribution < 1.29 is 9.21 Å². The summed E-state index contributed by atoms with van der Waals surface area (Å²) in [5, 5.41) is 0.770. The molecule has 0 aliphatic carbocycles. The number of nitrogens with two attached hydrogens (primary N) is 2. The van der Waals surface area contributed by atoms with E-state index in [0.717, 1.165) is 10.9 Å². The molecule has 0 aliphatic heterocycles. The number of fused-ring (bicyclic) bond motifs is 1. The smallest absolute Gasteiger partial charge is 0.340 e. The van der Waals surface area contributed by atoms with Gasteiger partial charge in [0, 0.05) is 24.6 Å². The van der Waals surface area contributed by atoms with Crippen LogP contribution in [0.2, 0.25) is 0 Å². The van der Waals surface area contributed by atoms with Crippen LogP contribution in [-0.4, -0.2) is 5.91 Å². The highest BCUT2D eigenvalue weighted by molar-refractivity contribution is 5.87. The molecule has 6 nitrogen and oxygen atoms in total. The molecule has 0 aliphatic rings. The summed E-state index contributed by atoms with van der Waals surface area (Å²) in [6, 6.07) is 3.46. The van der Waals surface area contributed by atoms with E-state index in [1.807, 2.05) is 18.4 Å². The number of aryl methyl sites for hydroxylation is 2. The van der Waals surface area contributed by atoms with Gasteiger partial charge in [0.1, 0.15) is 5.58 Å². The molecule has 5 N–H and O–H groups in total. The standard InChI is InChI=1S/C13H15N3O3.CH3/c1-6-3-8-7(2)9(4-12(17)16-15)13(18)19-11(8)5-10(6)14;/h3,5H,4,14-15H2,1-2H3,(H,16,17);1H3/q;+1. The number of hydrazine groups is 1. The minimum atomic E-state index is -0.545. The minimum Gasteiger partial charge on any atom is -0.422 e. The number of carbonyl (C=O) groups is 1. The molecular formula is C14H18N3O3+. The van der Waals surface area contributed by atoms with Crippen LogP contribution in [-0.2, 0) is 11.2 Å². The average molecular weight is 276 g/mol. The number of benzene rings is 1. The molecule has 0 saturated heterocycles. The maximum atomic E-state index is 11.9. The van der Waals surface area contributed by atoms with E-state index in [4.69, 9.17) is 16.0 Å². The van der Waals surface area contributed by atoms with E-state index in [1.54, 1.807) is 13.0 Å². The van der Waals surface area contributed by atoms with E-state index in [0.29, 0.717) is 22.4 Å². The first-order valence-corrected chi connectivity index (χ1v) is 5.76. The Balaban J connectivity index is 0.00000200. The van der Waals surface area contributed by atoms with E-state index in [-0.39, 0.29) is 13.8 Å². The number of nitrogens with one attached hydrogen (secondary N) is 1. The van der Waals surface area contributed by atoms with Crippen LogP contribution in [0.25, 0.3) is 11.0 Å². The van der Waals surface area contributed by atoms with E-state index in [2.05, 4.69) is 0 Å². The van der Waals surface area contributed by atoms with Gasteiger partial charge in [-0.05, 0) is 31.0 Å². The van der Waals surface area contributed by atoms with E-state index in [9.17, 15) is 9.59 Å². The summed E-state index contributed by atoms with van der Waals surface area (Å²) in [5.41, 5.74) is 10.1. The lowest BCUT2D eigenvalue weighted by Crippen LogP contribution is -2.33. The van der Waals surface area contributed by atoms with Crippen molar-refractivity contribution in [3.8, 4) is 0 Å². The van der Waals surface area contributed by atoms with Crippen LogP contribution in [0, 0.1) is 21.3 Å². The summed E-state index contributed by atoms with van der Waals surface area (Å²) >= 11 is 0. The molecule has 0 fully saturated rings. The number of nitrogen functional groups attached to an aromatic ring is 1. The van der Waals surface area contributed by atoms with Gasteiger partial charge in [-0.3, -0.25) is 10.2 Å². The Kier molecular flexibility index (Phi) is 4.41. The molecule has 0 unspecified atom stereocenters. The summed E-state index contributed by atoms with van der Waals surface area (Å²) in [5.74, 6) is 4.59. The molecule has 0 saturated carbocycles. The third kappa shape index (κ3) is 2.60. The van der Waals surface area contributed by atoms with Crippen molar-refractivity contribution >= 4 is 22.6 Å². The predicted molar refractivity (Wildman–Crippen MR) is 78.8 cm³/mol. The SMILES string of the molecule is Cc1cc2c(C)c(CC(=O)NN)c(=O)oc2cc1N.[CH3+]. The molecule has 20 heavy (non-hydrogen) atoms. The summed E-state index contributed by atoms with van der Waals surface area (Å²) < 4.78 is 5.20. The fourth-order valence-corrected chi connectivity index (χ4v) is 1.97. The fraction of sp³-hybridized carbons (Fsp3) is 0.214. The Hall–Kier alpha value is -2.47. The topological polar surface area (TPSA) is 111 Å². The van der Waals surface area contributed by atoms with Gasteiger partial charge in [-0.15, -0.1) is 0 Å². The number of carbonyl (C=O) groups excluding carboxylic acids is 1. The zero-order valence-corrected chi connectivity index (χ0v) is 11.7. The third-order valence-corrected chi connectivity index (χ3v) is 3.17. The second-order valence-corrected chi connectivity index (χ2v) is 4.44. The van der Waals surface area contributed by atoms with Gasteiger partial charge < -0.3 is 10.2 Å². The van der Waals surface area contributed by atoms with Gasteiger partial charge in [0.2, 0.25) is 5.91 Å². The van der Waals surface area contributed by atoms with Crippen molar-refractivity contribution in [3.05, 3.63) is 46.7 Å². The quantitative estimate of drug-likeness (QED) is 0.189. The molecular weight excluding hydrogens is 258 g/mol. The molecule has 1 amide bonds. The molecule has 2 rings (SSSR count). The van der Waals surface area contributed by atoms with Crippen LogP contribution < -0.4 is 22.6 Å². The second kappa shape index (κ2) is 5.66. The van der Waals surface area contributed by atoms with Crippen LogP contribution in [0.15, 0.2) is 21.3 Å². The maximum Gasteiger partial charge on any atom is 0.340 e. The largest absolute Gasteiger partial charge is 0.422 e. The Bertz CT molecular complexity index is 720. The first-order chi connectivity index (χ1) is 8.93. The van der Waals surface area contributed by atoms with E-state index >= 15 is 0 Å². The van der Waals surface area contributed by atoms with Crippen LogP contribution >= 0.6 is 0 Å². The highest BCUT2D eigenvalue weighted by atomic mass is 16.4. The van der Waals surface area contributed by atoms with Gasteiger partial charge in [-0.2, -0.15) is 0 Å². The van der Waals surface area contributed by atoms with Crippen LogP contribution in [0.3, 0.4) is 0 Å². The van der Waals surface area contributed by atoms with Gasteiger partial charge in [0.15, 0.2) is 0 Å². The number of rotatable bonds is 2. The Morgan fingerprint density at radius 1 is 1.35 bits per heavy atom. The highest BCUT2D eigenvalue weighted by Crippen LogP contribution is 2.24. The molecule has 1 heterocycles. The molecule has 1 aromatic carbocycles. The van der Waals surface area contributed by atoms with Gasteiger partial charge in [-0.1, -0.05) is 0 Å². The van der Waals surface area contributed by atoms with Gasteiger partial charge in [0.05, 0.1) is 12.0 Å². The number of hydrogen-bond acceptors (Lipinski definition) is 5. The lowest BCUT2D eigenvalue weighted by Gasteiger charge is -2.09. The van der Waals surface area contributed by atoms with Crippen molar-refractivity contribution in [1.82, 2.24) is 5.43 Å². The number of hydrogen-bond donors (Lipinski definition) is 3. The summed E-state index contributed by atoms with van der Waals surface area (Å²) in [7, 11) is 0. The molecule has 0 atom stereocenters. The van der Waals surface area contributed by atoms with Crippen molar-refractivity contribution in [2.75, 3.05) is 5.73 Å². The molecule has 0 radical (unpaired) electrons. The highest BCUT2D eigenvalue weighted by Gasteiger charge is 2.15. The first-order valence-electron chi connectivity index (χ1n) is 5.76. The normalized spacial score (nSPS) is 10.2. The lowest BCUT2D eigenvalue weighted by molar-refractivity contribution is -0.120. The summed E-state index contributed by atoms with van der Waals surface area (Å²) in [6.45, 7) is 3.64. The molecule has 0 spiro atoms. The minimum absolute atomic E-state index is 0. The van der Waals surface area contributed by atoms with Crippen molar-refractivity contribution in [2.24, 2.45) is 5.84 Å². The average Bonchev–Trinajstić information content (AvgIpc) is 2.37. The summed E-state index contributed by atoms with van der Waals surface area (Å²) in [6.07, 6.45) is -0.107. The molecule has 6 heteroatoms. The second-order valence-electron chi connectivity index (χ2n) is 4.44. The number of amides is 1. The maximum absolute atomic E-state index is 11.9. The summed E-state index contributed by atoms with van der Waals surface area (Å²) in [4.78, 5) is 23.2. The van der Waals surface area contributed by atoms with Gasteiger partial charge in [-0.25, -0.2) is 10.6 Å². The Morgan fingerprint density at radius 3 is 2.60 bits per heavy atom. The Labute approximate surface area is 116 Å².